The SMILES string of the molecule is CC(=O)OC(C)c1nc(Cn2nc(-c3ccc(Cl)cc3)n(C[C@H](O)C(F)(F)F)c2=O)nn1-c1cccc(F)n1. The molecule has 0 aliphatic carbocycles. The molecule has 0 saturated carbocycles. The van der Waals surface area contributed by atoms with E-state index >= 15 is 0 Å². The Labute approximate surface area is 222 Å². The van der Waals surface area contributed by atoms with Crippen LogP contribution in [0.25, 0.3) is 17.2 Å². The number of carbonyl (C=O) groups is 1. The summed E-state index contributed by atoms with van der Waals surface area (Å²) in [5.41, 5.74) is -0.727. The van der Waals surface area contributed by atoms with Gasteiger partial charge in [-0.2, -0.15) is 22.2 Å². The summed E-state index contributed by atoms with van der Waals surface area (Å²) in [6, 6.07) is 9.72. The molecule has 0 amide bonds. The standard InChI is InChI=1S/C23H20ClF4N7O4/c1-12(39-13(2)36)20-30-18(31-35(20)19-5-3-4-17(25)29-19)11-34-22(38)33(10-16(37)23(26,27)28)21(32-34)14-6-8-15(24)9-7-14/h3-9,12,16,37H,10-11H2,1-2H3/t12?,16-/m0/s1. The average Bonchev–Trinajstić information content (AvgIpc) is 3.41. The Morgan fingerprint density at radius 3 is 2.44 bits per heavy atom. The van der Waals surface area contributed by atoms with Gasteiger partial charge in [-0.1, -0.05) is 17.7 Å². The van der Waals surface area contributed by atoms with Crippen LogP contribution in [0, 0.1) is 5.95 Å². The first kappa shape index (κ1) is 27.9. The number of hydrogen-bond donors (Lipinski definition) is 1. The Morgan fingerprint density at radius 1 is 1.13 bits per heavy atom. The van der Waals surface area contributed by atoms with E-state index in [4.69, 9.17) is 16.3 Å². The Bertz CT molecular complexity index is 1550. The highest BCUT2D eigenvalue weighted by Crippen LogP contribution is 2.24. The van der Waals surface area contributed by atoms with Crippen LogP contribution in [0.15, 0.2) is 47.3 Å². The predicted molar refractivity (Wildman–Crippen MR) is 127 cm³/mol. The van der Waals surface area contributed by atoms with Crippen molar-refractivity contribution in [3.63, 3.8) is 0 Å². The largest absolute Gasteiger partial charge is 0.455 e. The first-order chi connectivity index (χ1) is 18.3. The van der Waals surface area contributed by atoms with Crippen LogP contribution >= 0.6 is 11.6 Å². The maximum Gasteiger partial charge on any atom is 0.416 e. The molecule has 3 aromatic heterocycles. The highest BCUT2D eigenvalue weighted by atomic mass is 35.5. The number of aromatic nitrogens is 7. The first-order valence-electron chi connectivity index (χ1n) is 11.3. The van der Waals surface area contributed by atoms with Crippen molar-refractivity contribution in [2.45, 2.75) is 45.3 Å². The maximum absolute atomic E-state index is 13.8. The number of alkyl halides is 3. The summed E-state index contributed by atoms with van der Waals surface area (Å²) in [5, 5.41) is 18.4. The first-order valence-corrected chi connectivity index (χ1v) is 11.7. The molecule has 39 heavy (non-hydrogen) atoms. The van der Waals surface area contributed by atoms with Gasteiger partial charge in [0.2, 0.25) is 5.95 Å². The van der Waals surface area contributed by atoms with Crippen molar-refractivity contribution in [2.75, 3.05) is 0 Å². The lowest BCUT2D eigenvalue weighted by molar-refractivity contribution is -0.207. The number of benzene rings is 1. The fraction of sp³-hybridized carbons (Fsp3) is 0.304. The van der Waals surface area contributed by atoms with Gasteiger partial charge in [0.15, 0.2) is 35.5 Å². The van der Waals surface area contributed by atoms with Crippen molar-refractivity contribution in [3.05, 3.63) is 75.6 Å². The van der Waals surface area contributed by atoms with E-state index in [9.17, 15) is 32.3 Å². The summed E-state index contributed by atoms with van der Waals surface area (Å²) in [6.07, 6.45) is -8.79. The van der Waals surface area contributed by atoms with Gasteiger partial charge >= 0.3 is 17.8 Å². The molecule has 0 fully saturated rings. The number of rotatable bonds is 8. The van der Waals surface area contributed by atoms with Gasteiger partial charge in [-0.3, -0.25) is 9.36 Å². The van der Waals surface area contributed by atoms with Gasteiger partial charge in [-0.05, 0) is 43.3 Å². The van der Waals surface area contributed by atoms with Crippen LogP contribution in [0.3, 0.4) is 0 Å². The lowest BCUT2D eigenvalue weighted by Gasteiger charge is -2.15. The molecule has 3 heterocycles. The third-order valence-electron chi connectivity index (χ3n) is 5.35. The molecule has 16 heteroatoms. The van der Waals surface area contributed by atoms with Gasteiger partial charge in [0.25, 0.3) is 0 Å². The molecule has 1 unspecified atom stereocenters. The minimum Gasteiger partial charge on any atom is -0.455 e. The molecule has 0 radical (unpaired) electrons. The van der Waals surface area contributed by atoms with Crippen molar-refractivity contribution >= 4 is 17.6 Å². The van der Waals surface area contributed by atoms with Gasteiger partial charge in [-0.15, -0.1) is 10.2 Å². The molecule has 2 atom stereocenters. The van der Waals surface area contributed by atoms with E-state index in [1.807, 2.05) is 0 Å². The number of hydrogen-bond acceptors (Lipinski definition) is 8. The fourth-order valence-corrected chi connectivity index (χ4v) is 3.74. The van der Waals surface area contributed by atoms with E-state index in [2.05, 4.69) is 20.2 Å². The molecule has 4 rings (SSSR count). The molecule has 0 bridgehead atoms. The minimum absolute atomic E-state index is 0.00391. The van der Waals surface area contributed by atoms with Crippen LogP contribution in [0.1, 0.15) is 31.6 Å². The second kappa shape index (κ2) is 10.9. The quantitative estimate of drug-likeness (QED) is 0.195. The topological polar surface area (TPSA) is 130 Å². The minimum atomic E-state index is -4.99. The maximum atomic E-state index is 13.8. The van der Waals surface area contributed by atoms with E-state index in [0.717, 1.165) is 15.4 Å². The number of carbonyl (C=O) groups excluding carboxylic acids is 1. The summed E-state index contributed by atoms with van der Waals surface area (Å²) in [5.74, 6) is -1.65. The Balaban J connectivity index is 1.78. The van der Waals surface area contributed by atoms with E-state index < -0.39 is 49.1 Å². The molecule has 4 aromatic rings. The lowest BCUT2D eigenvalue weighted by Crippen LogP contribution is -2.37. The van der Waals surface area contributed by atoms with Crippen LogP contribution in [0.2, 0.25) is 5.02 Å². The molecular weight excluding hydrogens is 550 g/mol. The molecule has 0 aliphatic rings. The normalized spacial score (nSPS) is 13.3. The zero-order valence-electron chi connectivity index (χ0n) is 20.3. The van der Waals surface area contributed by atoms with Crippen molar-refractivity contribution < 1.29 is 32.2 Å². The monoisotopic (exact) mass is 569 g/mol. The van der Waals surface area contributed by atoms with E-state index in [0.29, 0.717) is 9.59 Å². The van der Waals surface area contributed by atoms with Gasteiger partial charge in [0.05, 0.1) is 6.54 Å². The third kappa shape index (κ3) is 6.31. The Morgan fingerprint density at radius 2 is 1.82 bits per heavy atom. The summed E-state index contributed by atoms with van der Waals surface area (Å²) in [4.78, 5) is 32.7. The molecule has 0 aliphatic heterocycles. The summed E-state index contributed by atoms with van der Waals surface area (Å²) in [7, 11) is 0. The van der Waals surface area contributed by atoms with Crippen LogP contribution < -0.4 is 5.69 Å². The predicted octanol–water partition coefficient (Wildman–Crippen LogP) is 3.08. The van der Waals surface area contributed by atoms with Gasteiger partial charge in [0, 0.05) is 17.5 Å². The van der Waals surface area contributed by atoms with Gasteiger partial charge < -0.3 is 9.84 Å². The van der Waals surface area contributed by atoms with Crippen LogP contribution in [-0.4, -0.2) is 57.5 Å². The smallest absolute Gasteiger partial charge is 0.416 e. The zero-order chi connectivity index (χ0) is 28.5. The molecular formula is C23H20ClF4N7O4. The summed E-state index contributed by atoms with van der Waals surface area (Å²) in [6.45, 7) is 1.11. The van der Waals surface area contributed by atoms with E-state index in [1.54, 1.807) is 0 Å². The second-order valence-corrected chi connectivity index (χ2v) is 8.74. The fourth-order valence-electron chi connectivity index (χ4n) is 3.62. The van der Waals surface area contributed by atoms with Crippen LogP contribution in [0.4, 0.5) is 17.6 Å². The summed E-state index contributed by atoms with van der Waals surface area (Å²) >= 11 is 5.90. The summed E-state index contributed by atoms with van der Waals surface area (Å²) < 4.78 is 60.9. The molecule has 0 spiro atoms. The number of nitrogens with zero attached hydrogens (tertiary/aromatic N) is 7. The number of pyridine rings is 1. The Hall–Kier alpha value is -4.11. The Kier molecular flexibility index (Phi) is 7.83. The average molecular weight is 570 g/mol. The highest BCUT2D eigenvalue weighted by Gasteiger charge is 2.39. The number of aliphatic hydroxyl groups excluding tert-OH is 1. The number of aliphatic hydroxyl groups is 1. The van der Waals surface area contributed by atoms with Crippen molar-refractivity contribution in [1.82, 2.24) is 34.1 Å². The molecule has 1 N–H and O–H groups in total. The van der Waals surface area contributed by atoms with E-state index in [-0.39, 0.29) is 28.9 Å². The van der Waals surface area contributed by atoms with Gasteiger partial charge in [0.1, 0.15) is 6.54 Å². The third-order valence-corrected chi connectivity index (χ3v) is 5.60. The molecule has 11 nitrogen and oxygen atoms in total. The van der Waals surface area contributed by atoms with Crippen LogP contribution in [-0.2, 0) is 22.6 Å². The zero-order valence-corrected chi connectivity index (χ0v) is 21.1. The lowest BCUT2D eigenvalue weighted by atomic mass is 10.2. The second-order valence-electron chi connectivity index (χ2n) is 8.31. The molecule has 1 aromatic carbocycles. The van der Waals surface area contributed by atoms with Crippen LogP contribution in [0.5, 0.6) is 0 Å². The van der Waals surface area contributed by atoms with Crippen molar-refractivity contribution in [1.29, 1.82) is 0 Å². The number of halogens is 5. The molecule has 0 saturated heterocycles. The van der Waals surface area contributed by atoms with Crippen molar-refractivity contribution in [2.24, 2.45) is 0 Å². The van der Waals surface area contributed by atoms with Gasteiger partial charge in [-0.25, -0.2) is 19.4 Å². The van der Waals surface area contributed by atoms with Crippen molar-refractivity contribution in [3.8, 4) is 17.2 Å². The number of esters is 1. The number of ether oxygens (including phenoxy) is 1. The molecule has 206 valence electrons. The highest BCUT2D eigenvalue weighted by molar-refractivity contribution is 6.30. The van der Waals surface area contributed by atoms with E-state index in [1.165, 1.54) is 50.2 Å².